The van der Waals surface area contributed by atoms with E-state index in [4.69, 9.17) is 4.74 Å². The maximum Gasteiger partial charge on any atom is 0.338 e. The average molecular weight is 368 g/mol. The lowest BCUT2D eigenvalue weighted by Gasteiger charge is -2.37. The van der Waals surface area contributed by atoms with Gasteiger partial charge in [0.15, 0.2) is 17.5 Å². The Morgan fingerprint density at radius 3 is 1.92 bits per heavy atom. The van der Waals surface area contributed by atoms with Crippen molar-refractivity contribution in [1.82, 2.24) is 0 Å². The minimum Gasteiger partial charge on any atom is -0.459 e. The minimum atomic E-state index is -1.57. The molecular weight excluding hydrogens is 341 g/mol. The third-order valence-corrected chi connectivity index (χ3v) is 6.35. The van der Waals surface area contributed by atoms with Crippen LogP contribution in [0.4, 0.5) is 13.2 Å². The summed E-state index contributed by atoms with van der Waals surface area (Å²) >= 11 is 0. The molecular formula is C21H27F3O2. The van der Waals surface area contributed by atoms with E-state index in [0.29, 0.717) is 18.1 Å². The first-order valence-corrected chi connectivity index (χ1v) is 9.83. The number of ether oxygens (including phenoxy) is 1. The zero-order chi connectivity index (χ0) is 18.7. The zero-order valence-electron chi connectivity index (χ0n) is 15.3. The van der Waals surface area contributed by atoms with Gasteiger partial charge in [0, 0.05) is 0 Å². The van der Waals surface area contributed by atoms with Crippen LogP contribution in [0.5, 0.6) is 0 Å². The molecule has 0 saturated heterocycles. The average Bonchev–Trinajstić information content (AvgIpc) is 2.66. The van der Waals surface area contributed by atoms with Gasteiger partial charge in [-0.3, -0.25) is 0 Å². The molecule has 3 rings (SSSR count). The molecule has 1 aromatic carbocycles. The van der Waals surface area contributed by atoms with Crippen LogP contribution >= 0.6 is 0 Å². The van der Waals surface area contributed by atoms with Gasteiger partial charge < -0.3 is 4.74 Å². The Bertz CT molecular complexity index is 607. The maximum atomic E-state index is 13.3. The van der Waals surface area contributed by atoms with Crippen LogP contribution in [0.1, 0.15) is 75.1 Å². The van der Waals surface area contributed by atoms with E-state index in [1.54, 1.807) is 0 Å². The van der Waals surface area contributed by atoms with Gasteiger partial charge in [-0.15, -0.1) is 0 Å². The molecule has 0 radical (unpaired) electrons. The van der Waals surface area contributed by atoms with Crippen molar-refractivity contribution < 1.29 is 22.7 Å². The fourth-order valence-corrected chi connectivity index (χ4v) is 4.64. The van der Waals surface area contributed by atoms with Crippen molar-refractivity contribution in [3.05, 3.63) is 35.1 Å². The SMILES string of the molecule is CCC1CCC(C2CCC(OC(=O)c3cc(F)c(F)c(F)c3)CC2)CC1. The van der Waals surface area contributed by atoms with E-state index in [0.717, 1.165) is 37.5 Å². The molecule has 0 atom stereocenters. The van der Waals surface area contributed by atoms with Crippen molar-refractivity contribution >= 4 is 5.97 Å². The van der Waals surface area contributed by atoms with Crippen LogP contribution in [-0.2, 0) is 4.74 Å². The van der Waals surface area contributed by atoms with Crippen LogP contribution in [0.2, 0.25) is 0 Å². The molecule has 26 heavy (non-hydrogen) atoms. The molecule has 2 aliphatic carbocycles. The van der Waals surface area contributed by atoms with Crippen molar-refractivity contribution in [3.8, 4) is 0 Å². The van der Waals surface area contributed by atoms with Crippen LogP contribution in [0, 0.1) is 35.2 Å². The normalized spacial score (nSPS) is 29.4. The van der Waals surface area contributed by atoms with Crippen molar-refractivity contribution in [1.29, 1.82) is 0 Å². The number of hydrogen-bond acceptors (Lipinski definition) is 2. The largest absolute Gasteiger partial charge is 0.459 e. The van der Waals surface area contributed by atoms with Gasteiger partial charge in [-0.1, -0.05) is 26.2 Å². The monoisotopic (exact) mass is 368 g/mol. The summed E-state index contributed by atoms with van der Waals surface area (Å²) in [5.74, 6) is -2.72. The molecule has 0 N–H and O–H groups in total. The number of hydrogen-bond donors (Lipinski definition) is 0. The number of esters is 1. The van der Waals surface area contributed by atoms with Crippen LogP contribution in [-0.4, -0.2) is 12.1 Å². The second kappa shape index (κ2) is 8.45. The standard InChI is InChI=1S/C21H27F3O2/c1-2-13-3-5-14(6-4-13)15-7-9-17(10-8-15)26-21(25)16-11-18(22)20(24)19(23)12-16/h11-15,17H,2-10H2,1H3. The van der Waals surface area contributed by atoms with Gasteiger partial charge in [0.2, 0.25) is 0 Å². The van der Waals surface area contributed by atoms with E-state index in [-0.39, 0.29) is 11.7 Å². The van der Waals surface area contributed by atoms with Crippen molar-refractivity contribution in [2.24, 2.45) is 17.8 Å². The Labute approximate surface area is 153 Å². The van der Waals surface area contributed by atoms with Gasteiger partial charge in [0.05, 0.1) is 5.56 Å². The number of benzene rings is 1. The highest BCUT2D eigenvalue weighted by Crippen LogP contribution is 2.41. The fraction of sp³-hybridized carbons (Fsp3) is 0.667. The number of carbonyl (C=O) groups excluding carboxylic acids is 1. The summed E-state index contributed by atoms with van der Waals surface area (Å²) in [7, 11) is 0. The lowest BCUT2D eigenvalue weighted by molar-refractivity contribution is 0.0109. The Morgan fingerprint density at radius 1 is 0.923 bits per heavy atom. The Morgan fingerprint density at radius 2 is 1.42 bits per heavy atom. The lowest BCUT2D eigenvalue weighted by Crippen LogP contribution is -2.29. The molecule has 0 spiro atoms. The highest BCUT2D eigenvalue weighted by atomic mass is 19.2. The van der Waals surface area contributed by atoms with Crippen LogP contribution in [0.15, 0.2) is 12.1 Å². The molecule has 0 unspecified atom stereocenters. The summed E-state index contributed by atoms with van der Waals surface area (Å²) in [5.41, 5.74) is -0.276. The molecule has 5 heteroatoms. The quantitative estimate of drug-likeness (QED) is 0.479. The summed E-state index contributed by atoms with van der Waals surface area (Å²) in [6.07, 6.45) is 9.98. The van der Waals surface area contributed by atoms with Crippen LogP contribution in [0.3, 0.4) is 0 Å². The second-order valence-corrected chi connectivity index (χ2v) is 7.89. The van der Waals surface area contributed by atoms with Gasteiger partial charge in [-0.25, -0.2) is 18.0 Å². The first-order valence-electron chi connectivity index (χ1n) is 9.83. The molecule has 0 amide bonds. The molecule has 1 aromatic rings. The number of carbonyl (C=O) groups is 1. The molecule has 0 heterocycles. The predicted molar refractivity (Wildman–Crippen MR) is 93.2 cm³/mol. The van der Waals surface area contributed by atoms with Gasteiger partial charge in [0.1, 0.15) is 6.10 Å². The Hall–Kier alpha value is -1.52. The highest BCUT2D eigenvalue weighted by Gasteiger charge is 2.32. The van der Waals surface area contributed by atoms with Crippen LogP contribution < -0.4 is 0 Å². The topological polar surface area (TPSA) is 26.3 Å². The van der Waals surface area contributed by atoms with E-state index in [1.807, 2.05) is 0 Å². The molecule has 2 nitrogen and oxygen atoms in total. The molecule has 0 aliphatic heterocycles. The van der Waals surface area contributed by atoms with Crippen molar-refractivity contribution in [3.63, 3.8) is 0 Å². The zero-order valence-corrected chi connectivity index (χ0v) is 15.3. The Balaban J connectivity index is 1.49. The van der Waals surface area contributed by atoms with E-state index >= 15 is 0 Å². The molecule has 144 valence electrons. The van der Waals surface area contributed by atoms with Gasteiger partial charge >= 0.3 is 5.97 Å². The van der Waals surface area contributed by atoms with Crippen molar-refractivity contribution in [2.75, 3.05) is 0 Å². The number of rotatable bonds is 4. The molecule has 2 aliphatic rings. The predicted octanol–water partition coefficient (Wildman–Crippen LogP) is 6.04. The first-order chi connectivity index (χ1) is 12.5. The smallest absolute Gasteiger partial charge is 0.338 e. The summed E-state index contributed by atoms with van der Waals surface area (Å²) in [5, 5.41) is 0. The summed E-state index contributed by atoms with van der Waals surface area (Å²) in [4.78, 5) is 12.1. The van der Waals surface area contributed by atoms with Gasteiger partial charge in [-0.2, -0.15) is 0 Å². The summed E-state index contributed by atoms with van der Waals surface area (Å²) < 4.78 is 44.9. The third-order valence-electron chi connectivity index (χ3n) is 6.35. The molecule has 2 fully saturated rings. The molecule has 2 saturated carbocycles. The second-order valence-electron chi connectivity index (χ2n) is 7.89. The Kier molecular flexibility index (Phi) is 6.25. The minimum absolute atomic E-state index is 0.220. The lowest BCUT2D eigenvalue weighted by atomic mass is 9.70. The van der Waals surface area contributed by atoms with E-state index in [2.05, 4.69) is 6.92 Å². The third kappa shape index (κ3) is 4.41. The van der Waals surface area contributed by atoms with E-state index in [1.165, 1.54) is 32.1 Å². The first kappa shape index (κ1) is 19.2. The van der Waals surface area contributed by atoms with E-state index in [9.17, 15) is 18.0 Å². The highest BCUT2D eigenvalue weighted by molar-refractivity contribution is 5.89. The number of halogens is 3. The fourth-order valence-electron chi connectivity index (χ4n) is 4.64. The van der Waals surface area contributed by atoms with Gasteiger partial charge in [-0.05, 0) is 68.4 Å². The molecule has 0 aromatic heterocycles. The summed E-state index contributed by atoms with van der Waals surface area (Å²) in [6, 6.07) is 1.39. The maximum absolute atomic E-state index is 13.3. The molecule has 0 bridgehead atoms. The van der Waals surface area contributed by atoms with Crippen molar-refractivity contribution in [2.45, 2.75) is 70.8 Å². The summed E-state index contributed by atoms with van der Waals surface area (Å²) in [6.45, 7) is 2.27. The van der Waals surface area contributed by atoms with Crippen LogP contribution in [0.25, 0.3) is 0 Å². The van der Waals surface area contributed by atoms with E-state index < -0.39 is 23.4 Å². The van der Waals surface area contributed by atoms with Gasteiger partial charge in [0.25, 0.3) is 0 Å².